The molecule has 3 rings (SSSR count). The highest BCUT2D eigenvalue weighted by Gasteiger charge is 2.26. The van der Waals surface area contributed by atoms with Crippen LogP contribution in [0.4, 0.5) is 10.8 Å². The van der Waals surface area contributed by atoms with Gasteiger partial charge in [-0.3, -0.25) is 4.79 Å². The van der Waals surface area contributed by atoms with Gasteiger partial charge in [0.15, 0.2) is 44.7 Å². The summed E-state index contributed by atoms with van der Waals surface area (Å²) < 4.78 is 0. The molecule has 37 heavy (non-hydrogen) atoms. The van der Waals surface area contributed by atoms with Crippen molar-refractivity contribution in [2.75, 3.05) is 24.1 Å². The summed E-state index contributed by atoms with van der Waals surface area (Å²) in [5, 5.41) is 104. The number of thiazole rings is 1. The van der Waals surface area contributed by atoms with Crippen LogP contribution in [0.15, 0.2) is 0 Å². The topological polar surface area (TPSA) is 282 Å². The van der Waals surface area contributed by atoms with E-state index in [1.165, 1.54) is 0 Å². The maximum Gasteiger partial charge on any atom is 0.230 e. The molecule has 0 unspecified atom stereocenters. The number of aromatic nitrogens is 1. The number of hydrogen-bond acceptors (Lipinski definition) is 15. The molecule has 1 amide bonds. The molecule has 0 aliphatic rings. The van der Waals surface area contributed by atoms with Gasteiger partial charge < -0.3 is 67.4 Å². The molecule has 0 fully saturated rings. The maximum absolute atomic E-state index is 12.3. The number of carbonyl (C=O) groups excluding carboxylic acids is 1. The van der Waals surface area contributed by atoms with E-state index in [9.17, 15) is 55.9 Å². The number of nitrogens with one attached hydrogen (secondary N) is 2. The van der Waals surface area contributed by atoms with Gasteiger partial charge in [-0.05, 0) is 25.9 Å². The van der Waals surface area contributed by atoms with Crippen molar-refractivity contribution >= 4 is 28.1 Å². The molecule has 0 aliphatic heterocycles. The molecule has 0 spiro atoms. The molecule has 0 bridgehead atoms. The van der Waals surface area contributed by atoms with Crippen LogP contribution < -0.4 is 16.4 Å². The smallest absolute Gasteiger partial charge is 0.230 e. The van der Waals surface area contributed by atoms with E-state index >= 15 is 0 Å². The molecule has 0 aliphatic carbocycles. The molecule has 0 saturated carbocycles. The lowest BCUT2D eigenvalue weighted by Crippen LogP contribution is -2.20. The standard InChI is InChI=1S/C21H24N4O11S/c22-21-24-8(20(36)37-21)5-9(26)25-10-15(31)11(27)6(12(28)16(10)32)1-3-23-4-2-7-13(29)17(33)19(35)18(34)14(7)30/h23,27-36H,1-5H2,(H2,22,24)(H,25,26). The number of nitrogens with two attached hydrogens (primary N) is 1. The predicted octanol–water partition coefficient (Wildman–Crippen LogP) is 0.337. The van der Waals surface area contributed by atoms with Gasteiger partial charge in [-0.25, -0.2) is 4.98 Å². The van der Waals surface area contributed by atoms with Gasteiger partial charge in [0.1, 0.15) is 11.4 Å². The number of aromatic hydroxyl groups is 10. The Kier molecular flexibility index (Phi) is 7.64. The van der Waals surface area contributed by atoms with Gasteiger partial charge >= 0.3 is 0 Å². The van der Waals surface area contributed by atoms with Gasteiger partial charge in [-0.15, -0.1) is 0 Å². The van der Waals surface area contributed by atoms with Crippen LogP contribution in [0.25, 0.3) is 0 Å². The number of amides is 1. The third-order valence-corrected chi connectivity index (χ3v) is 6.08. The number of carbonyl (C=O) groups is 1. The average Bonchev–Trinajstić information content (AvgIpc) is 3.17. The van der Waals surface area contributed by atoms with E-state index in [4.69, 9.17) is 5.73 Å². The van der Waals surface area contributed by atoms with Crippen molar-refractivity contribution in [3.8, 4) is 56.8 Å². The van der Waals surface area contributed by atoms with E-state index in [1.54, 1.807) is 0 Å². The Morgan fingerprint density at radius 2 is 1.14 bits per heavy atom. The summed E-state index contributed by atoms with van der Waals surface area (Å²) in [5.41, 5.74) is 4.21. The first kappa shape index (κ1) is 26.9. The molecule has 16 heteroatoms. The molecule has 14 N–H and O–H groups in total. The zero-order chi connectivity index (χ0) is 27.6. The molecule has 200 valence electrons. The molecule has 0 atom stereocenters. The number of phenolic OH excluding ortho intramolecular Hbond substituents is 9. The summed E-state index contributed by atoms with van der Waals surface area (Å²) >= 11 is 0.744. The summed E-state index contributed by atoms with van der Waals surface area (Å²) in [6, 6.07) is 0. The van der Waals surface area contributed by atoms with Crippen LogP contribution in [-0.2, 0) is 24.1 Å². The molecule has 1 aromatic heterocycles. The average molecular weight is 541 g/mol. The minimum absolute atomic E-state index is 0.0206. The lowest BCUT2D eigenvalue weighted by Gasteiger charge is -2.16. The minimum Gasteiger partial charge on any atom is -0.504 e. The zero-order valence-corrected chi connectivity index (χ0v) is 19.7. The van der Waals surface area contributed by atoms with Gasteiger partial charge in [0, 0.05) is 11.1 Å². The molecule has 1 heterocycles. The first-order chi connectivity index (χ1) is 17.3. The van der Waals surface area contributed by atoms with Crippen LogP contribution in [-0.4, -0.2) is 75.0 Å². The first-order valence-electron chi connectivity index (χ1n) is 10.5. The molecular weight excluding hydrogens is 516 g/mol. The Morgan fingerprint density at radius 3 is 1.57 bits per heavy atom. The van der Waals surface area contributed by atoms with Crippen molar-refractivity contribution in [2.24, 2.45) is 0 Å². The molecular formula is C21H24N4O11S. The predicted molar refractivity (Wildman–Crippen MR) is 129 cm³/mol. The second kappa shape index (κ2) is 10.5. The SMILES string of the molecule is Nc1nc(CC(=O)Nc2c(O)c(O)c(CCNCCc3c(O)c(O)c(O)c(O)c3O)c(O)c2O)c(O)s1. The van der Waals surface area contributed by atoms with E-state index in [0.717, 1.165) is 11.3 Å². The highest BCUT2D eigenvalue weighted by atomic mass is 32.1. The highest BCUT2D eigenvalue weighted by molar-refractivity contribution is 7.17. The van der Waals surface area contributed by atoms with Gasteiger partial charge in [-0.2, -0.15) is 0 Å². The number of nitrogens with zero attached hydrogens (tertiary/aromatic N) is 1. The Labute approximate surface area is 211 Å². The largest absolute Gasteiger partial charge is 0.504 e. The Hall–Kier alpha value is -4.70. The summed E-state index contributed by atoms with van der Waals surface area (Å²) in [7, 11) is 0. The number of phenols is 9. The first-order valence-corrected chi connectivity index (χ1v) is 11.3. The van der Waals surface area contributed by atoms with Crippen molar-refractivity contribution in [2.45, 2.75) is 19.3 Å². The van der Waals surface area contributed by atoms with Crippen LogP contribution in [0.3, 0.4) is 0 Å². The summed E-state index contributed by atoms with van der Waals surface area (Å²) in [5.74, 6) is -9.10. The van der Waals surface area contributed by atoms with Crippen LogP contribution >= 0.6 is 11.3 Å². The second-order valence-corrected chi connectivity index (χ2v) is 8.76. The van der Waals surface area contributed by atoms with Crippen LogP contribution in [0, 0.1) is 0 Å². The Morgan fingerprint density at radius 1 is 0.703 bits per heavy atom. The quantitative estimate of drug-likeness (QED) is 0.0989. The molecule has 2 aromatic carbocycles. The lowest BCUT2D eigenvalue weighted by molar-refractivity contribution is -0.115. The molecule has 15 nitrogen and oxygen atoms in total. The van der Waals surface area contributed by atoms with E-state index in [0.29, 0.717) is 0 Å². The highest BCUT2D eigenvalue weighted by Crippen LogP contribution is 2.51. The second-order valence-electron chi connectivity index (χ2n) is 7.75. The Bertz CT molecular complexity index is 1300. The fourth-order valence-electron chi connectivity index (χ4n) is 3.44. The van der Waals surface area contributed by atoms with Crippen molar-refractivity contribution in [3.05, 3.63) is 16.8 Å². The van der Waals surface area contributed by atoms with Crippen molar-refractivity contribution in [1.82, 2.24) is 10.3 Å². The number of benzene rings is 2. The number of hydrogen-bond donors (Lipinski definition) is 13. The van der Waals surface area contributed by atoms with Crippen LogP contribution in [0.5, 0.6) is 56.8 Å². The van der Waals surface area contributed by atoms with Crippen LogP contribution in [0.1, 0.15) is 16.8 Å². The van der Waals surface area contributed by atoms with Crippen molar-refractivity contribution in [1.29, 1.82) is 0 Å². The van der Waals surface area contributed by atoms with E-state index in [1.807, 2.05) is 0 Å². The van der Waals surface area contributed by atoms with Gasteiger partial charge in [0.25, 0.3) is 0 Å². The molecule has 0 saturated heterocycles. The van der Waals surface area contributed by atoms with Gasteiger partial charge in [-0.1, -0.05) is 11.3 Å². The third kappa shape index (κ3) is 5.29. The van der Waals surface area contributed by atoms with Crippen molar-refractivity contribution < 1.29 is 55.9 Å². The zero-order valence-electron chi connectivity index (χ0n) is 18.8. The van der Waals surface area contributed by atoms with Crippen LogP contribution in [0.2, 0.25) is 0 Å². The number of nitrogen functional groups attached to an aromatic ring is 1. The van der Waals surface area contributed by atoms with E-state index in [2.05, 4.69) is 15.6 Å². The third-order valence-electron chi connectivity index (χ3n) is 5.35. The minimum atomic E-state index is -1.08. The van der Waals surface area contributed by atoms with Crippen molar-refractivity contribution in [3.63, 3.8) is 0 Å². The normalized spacial score (nSPS) is 11.0. The van der Waals surface area contributed by atoms with E-state index in [-0.39, 0.29) is 52.9 Å². The molecule has 3 aromatic rings. The summed E-state index contributed by atoms with van der Waals surface area (Å²) in [6.45, 7) is 0.0557. The molecule has 0 radical (unpaired) electrons. The monoisotopic (exact) mass is 540 g/mol. The lowest BCUT2D eigenvalue weighted by atomic mass is 10.0. The number of anilines is 2. The van der Waals surface area contributed by atoms with E-state index < -0.39 is 69.8 Å². The summed E-state index contributed by atoms with van der Waals surface area (Å²) in [6.07, 6.45) is -0.755. The van der Waals surface area contributed by atoms with Gasteiger partial charge in [0.05, 0.1) is 6.42 Å². The fourth-order valence-corrected chi connectivity index (χ4v) is 4.03. The Balaban J connectivity index is 1.65. The maximum atomic E-state index is 12.3. The summed E-state index contributed by atoms with van der Waals surface area (Å²) in [4.78, 5) is 16.0. The number of rotatable bonds is 9. The fraction of sp³-hybridized carbons (Fsp3) is 0.238. The van der Waals surface area contributed by atoms with Gasteiger partial charge in [0.2, 0.25) is 23.2 Å².